The molecule has 0 spiro atoms. The Morgan fingerprint density at radius 2 is 0.933 bits per heavy atom. The molecule has 0 saturated heterocycles. The van der Waals surface area contributed by atoms with Crippen molar-refractivity contribution in [1.29, 1.82) is 0 Å². The molecule has 0 saturated carbocycles. The average Bonchev–Trinajstić information content (AvgIpc) is 3.41. The van der Waals surface area contributed by atoms with E-state index in [0.717, 1.165) is 0 Å². The van der Waals surface area contributed by atoms with Gasteiger partial charge in [0.1, 0.15) is 0 Å². The number of benzene rings is 6. The van der Waals surface area contributed by atoms with Crippen LogP contribution in [0.2, 0.25) is 0 Å². The molecule has 0 aromatic heterocycles. The van der Waals surface area contributed by atoms with Crippen molar-refractivity contribution >= 4 is 17.1 Å². The number of hydrogen-bond acceptors (Lipinski definition) is 1. The van der Waals surface area contributed by atoms with Crippen LogP contribution in [-0.2, 0) is 10.8 Å². The summed E-state index contributed by atoms with van der Waals surface area (Å²) in [6, 6.07) is 47.6. The quantitative estimate of drug-likeness (QED) is 0.200. The molecule has 0 aliphatic heterocycles. The lowest BCUT2D eigenvalue weighted by molar-refractivity contribution is 0.652. The second-order valence-corrected chi connectivity index (χ2v) is 14.0. The van der Waals surface area contributed by atoms with Crippen molar-refractivity contribution in [3.8, 4) is 33.4 Å². The average molecular weight is 582 g/mol. The molecule has 8 rings (SSSR count). The van der Waals surface area contributed by atoms with E-state index >= 15 is 0 Å². The largest absolute Gasteiger partial charge is 0.310 e. The molecule has 0 amide bonds. The predicted molar refractivity (Wildman–Crippen MR) is 191 cm³/mol. The van der Waals surface area contributed by atoms with Crippen LogP contribution in [0, 0.1) is 13.8 Å². The van der Waals surface area contributed by atoms with Crippen molar-refractivity contribution in [3.63, 3.8) is 0 Å². The molecule has 220 valence electrons. The van der Waals surface area contributed by atoms with Gasteiger partial charge in [-0.1, -0.05) is 118 Å². The van der Waals surface area contributed by atoms with Crippen LogP contribution in [-0.4, -0.2) is 0 Å². The molecular weight excluding hydrogens is 542 g/mol. The van der Waals surface area contributed by atoms with Crippen molar-refractivity contribution in [2.45, 2.75) is 52.4 Å². The van der Waals surface area contributed by atoms with Gasteiger partial charge in [0.15, 0.2) is 0 Å². The Morgan fingerprint density at radius 3 is 1.58 bits per heavy atom. The minimum Gasteiger partial charge on any atom is -0.310 e. The highest BCUT2D eigenvalue weighted by atomic mass is 15.1. The molecule has 0 heterocycles. The van der Waals surface area contributed by atoms with Crippen LogP contribution in [0.25, 0.3) is 33.4 Å². The molecule has 2 aliphatic rings. The van der Waals surface area contributed by atoms with Crippen LogP contribution in [0.5, 0.6) is 0 Å². The van der Waals surface area contributed by atoms with E-state index < -0.39 is 0 Å². The summed E-state index contributed by atoms with van der Waals surface area (Å²) < 4.78 is 0. The van der Waals surface area contributed by atoms with Crippen LogP contribution in [0.3, 0.4) is 0 Å². The SMILES string of the molecule is Cc1ccc(N(c2ccc(C)cc2)c2ccc3c(c2)C(C)(C)c2cc4c(cc2-3)C(C)(C)c2cccc(-c3ccccc3)c2-4)cc1. The first kappa shape index (κ1) is 27.7. The van der Waals surface area contributed by atoms with Gasteiger partial charge in [0.05, 0.1) is 0 Å². The molecule has 0 unspecified atom stereocenters. The number of anilines is 3. The molecule has 0 N–H and O–H groups in total. The van der Waals surface area contributed by atoms with E-state index in [1.807, 2.05) is 0 Å². The summed E-state index contributed by atoms with van der Waals surface area (Å²) in [5.74, 6) is 0. The summed E-state index contributed by atoms with van der Waals surface area (Å²) >= 11 is 0. The molecule has 0 bridgehead atoms. The van der Waals surface area contributed by atoms with Crippen molar-refractivity contribution in [2.75, 3.05) is 4.90 Å². The molecule has 6 aromatic rings. The molecule has 6 aromatic carbocycles. The highest BCUT2D eigenvalue weighted by Crippen LogP contribution is 2.58. The summed E-state index contributed by atoms with van der Waals surface area (Å²) in [5.41, 5.74) is 19.6. The number of aryl methyl sites for hydroxylation is 2. The first-order chi connectivity index (χ1) is 21.6. The zero-order valence-corrected chi connectivity index (χ0v) is 27.1. The lowest BCUT2D eigenvalue weighted by Gasteiger charge is -2.28. The Labute approximate surface area is 267 Å². The van der Waals surface area contributed by atoms with E-state index in [9.17, 15) is 0 Å². The van der Waals surface area contributed by atoms with Crippen LogP contribution in [0.1, 0.15) is 61.1 Å². The summed E-state index contributed by atoms with van der Waals surface area (Å²) in [4.78, 5) is 2.39. The first-order valence-corrected chi connectivity index (χ1v) is 16.1. The van der Waals surface area contributed by atoms with Gasteiger partial charge in [-0.15, -0.1) is 0 Å². The van der Waals surface area contributed by atoms with Crippen LogP contribution in [0.4, 0.5) is 17.1 Å². The van der Waals surface area contributed by atoms with E-state index in [0.29, 0.717) is 0 Å². The monoisotopic (exact) mass is 581 g/mol. The zero-order valence-electron chi connectivity index (χ0n) is 27.1. The minimum atomic E-state index is -0.142. The zero-order chi connectivity index (χ0) is 31.1. The lowest BCUT2D eigenvalue weighted by Crippen LogP contribution is -2.17. The first-order valence-electron chi connectivity index (χ1n) is 16.1. The second kappa shape index (κ2) is 9.81. The molecule has 0 radical (unpaired) electrons. The van der Waals surface area contributed by atoms with Crippen molar-refractivity contribution in [1.82, 2.24) is 0 Å². The number of fused-ring (bicyclic) bond motifs is 6. The summed E-state index contributed by atoms with van der Waals surface area (Å²) in [7, 11) is 0. The molecule has 2 aliphatic carbocycles. The maximum absolute atomic E-state index is 2.53. The highest BCUT2D eigenvalue weighted by Gasteiger charge is 2.42. The fraction of sp³-hybridized carbons (Fsp3) is 0.182. The number of rotatable bonds is 4. The van der Waals surface area contributed by atoms with Gasteiger partial charge >= 0.3 is 0 Å². The summed E-state index contributed by atoms with van der Waals surface area (Å²) in [5, 5.41) is 0. The fourth-order valence-electron chi connectivity index (χ4n) is 7.83. The number of nitrogens with zero attached hydrogens (tertiary/aromatic N) is 1. The predicted octanol–water partition coefficient (Wildman–Crippen LogP) is 12.1. The second-order valence-electron chi connectivity index (χ2n) is 14.0. The third-order valence-corrected chi connectivity index (χ3v) is 10.4. The smallest absolute Gasteiger partial charge is 0.0465 e. The third kappa shape index (κ3) is 4.14. The Kier molecular flexibility index (Phi) is 6.03. The summed E-state index contributed by atoms with van der Waals surface area (Å²) in [6.07, 6.45) is 0. The topological polar surface area (TPSA) is 3.24 Å². The van der Waals surface area contributed by atoms with E-state index in [-0.39, 0.29) is 10.8 Å². The highest BCUT2D eigenvalue weighted by molar-refractivity contribution is 5.96. The number of hydrogen-bond donors (Lipinski definition) is 0. The van der Waals surface area contributed by atoms with Crippen LogP contribution < -0.4 is 4.90 Å². The third-order valence-electron chi connectivity index (χ3n) is 10.4. The van der Waals surface area contributed by atoms with Gasteiger partial charge in [-0.25, -0.2) is 0 Å². The van der Waals surface area contributed by atoms with Crippen molar-refractivity contribution < 1.29 is 0 Å². The molecule has 0 fully saturated rings. The normalized spacial score (nSPS) is 14.8. The van der Waals surface area contributed by atoms with Gasteiger partial charge in [0, 0.05) is 27.9 Å². The van der Waals surface area contributed by atoms with Gasteiger partial charge in [-0.05, 0) is 118 Å². The van der Waals surface area contributed by atoms with E-state index in [4.69, 9.17) is 0 Å². The fourth-order valence-corrected chi connectivity index (χ4v) is 7.83. The Balaban J connectivity index is 1.30. The Morgan fingerprint density at radius 1 is 0.400 bits per heavy atom. The van der Waals surface area contributed by atoms with Gasteiger partial charge < -0.3 is 4.90 Å². The molecule has 0 atom stereocenters. The van der Waals surface area contributed by atoms with Crippen molar-refractivity contribution in [2.24, 2.45) is 0 Å². The molecule has 1 nitrogen and oxygen atoms in total. The van der Waals surface area contributed by atoms with E-state index in [1.54, 1.807) is 0 Å². The summed E-state index contributed by atoms with van der Waals surface area (Å²) in [6.45, 7) is 13.9. The minimum absolute atomic E-state index is 0.0784. The Bertz CT molecular complexity index is 2050. The van der Waals surface area contributed by atoms with E-state index in [1.165, 1.54) is 83.8 Å². The van der Waals surface area contributed by atoms with Crippen LogP contribution in [0.15, 0.2) is 127 Å². The molecular formula is C44H39N. The molecule has 1 heteroatoms. The maximum Gasteiger partial charge on any atom is 0.0465 e. The molecule has 45 heavy (non-hydrogen) atoms. The van der Waals surface area contributed by atoms with Gasteiger partial charge in [0.25, 0.3) is 0 Å². The van der Waals surface area contributed by atoms with Crippen molar-refractivity contribution in [3.05, 3.63) is 161 Å². The van der Waals surface area contributed by atoms with Gasteiger partial charge in [-0.2, -0.15) is 0 Å². The standard InChI is InChI=1S/C44H39N/c1-28-15-19-31(20-16-28)45(32-21-17-29(2)18-22-32)33-23-24-35-36-26-41-37(27-40(36)44(5,6)39(35)25-33)42-34(30-11-8-7-9-12-30)13-10-14-38(42)43(41,3)4/h7-27H,1-6H3. The van der Waals surface area contributed by atoms with Crippen LogP contribution >= 0.6 is 0 Å². The Hall–Kier alpha value is -4.88. The van der Waals surface area contributed by atoms with Gasteiger partial charge in [0.2, 0.25) is 0 Å². The van der Waals surface area contributed by atoms with E-state index in [2.05, 4.69) is 174 Å². The van der Waals surface area contributed by atoms with Gasteiger partial charge in [-0.3, -0.25) is 0 Å². The lowest BCUT2D eigenvalue weighted by atomic mass is 9.79. The maximum atomic E-state index is 2.53.